The zero-order valence-corrected chi connectivity index (χ0v) is 10.0. The first-order valence-electron chi connectivity index (χ1n) is 5.85. The van der Waals surface area contributed by atoms with E-state index < -0.39 is 5.82 Å². The van der Waals surface area contributed by atoms with Gasteiger partial charge in [-0.25, -0.2) is 4.39 Å². The molecule has 90 valence electrons. The van der Waals surface area contributed by atoms with Crippen LogP contribution in [0.25, 0.3) is 6.08 Å². The molecule has 0 spiro atoms. The average Bonchev–Trinajstić information content (AvgIpc) is 2.81. The number of rotatable bonds is 2. The minimum absolute atomic E-state index is 0.187. The van der Waals surface area contributed by atoms with Gasteiger partial charge in [0.05, 0.1) is 5.56 Å². The highest BCUT2D eigenvalue weighted by atomic mass is 19.1. The first-order chi connectivity index (χ1) is 8.13. The van der Waals surface area contributed by atoms with Crippen molar-refractivity contribution in [1.29, 1.82) is 0 Å². The van der Waals surface area contributed by atoms with Crippen molar-refractivity contribution in [3.8, 4) is 0 Å². The quantitative estimate of drug-likeness (QED) is 0.769. The monoisotopic (exact) mass is 233 g/mol. The van der Waals surface area contributed by atoms with E-state index in [2.05, 4.69) is 6.58 Å². The van der Waals surface area contributed by atoms with Gasteiger partial charge in [-0.05, 0) is 37.0 Å². The molecule has 1 heterocycles. The fourth-order valence-corrected chi connectivity index (χ4v) is 2.24. The third-order valence-corrected chi connectivity index (χ3v) is 3.15. The number of amides is 1. The molecule has 1 fully saturated rings. The molecule has 2 rings (SSSR count). The van der Waals surface area contributed by atoms with E-state index in [0.29, 0.717) is 11.1 Å². The average molecular weight is 233 g/mol. The smallest absolute Gasteiger partial charge is 0.257 e. The Hall–Kier alpha value is -1.64. The van der Waals surface area contributed by atoms with E-state index in [4.69, 9.17) is 0 Å². The number of hydrogen-bond donors (Lipinski definition) is 0. The lowest BCUT2D eigenvalue weighted by molar-refractivity contribution is 0.0787. The van der Waals surface area contributed by atoms with E-state index in [0.717, 1.165) is 25.9 Å². The largest absolute Gasteiger partial charge is 0.339 e. The van der Waals surface area contributed by atoms with Crippen LogP contribution in [0.2, 0.25) is 0 Å². The molecule has 3 heteroatoms. The Labute approximate surface area is 101 Å². The topological polar surface area (TPSA) is 20.3 Å². The molecule has 1 saturated heterocycles. The fourth-order valence-electron chi connectivity index (χ4n) is 2.24. The lowest BCUT2D eigenvalue weighted by Crippen LogP contribution is -2.29. The molecule has 1 aliphatic rings. The molecule has 1 aromatic rings. The molecule has 0 atom stereocenters. The molecule has 0 radical (unpaired) electrons. The molecular formula is C14H16FNO. The molecule has 0 aromatic heterocycles. The number of hydrogen-bond acceptors (Lipinski definition) is 1. The van der Waals surface area contributed by atoms with Crippen LogP contribution in [0.15, 0.2) is 18.7 Å². The van der Waals surface area contributed by atoms with Gasteiger partial charge in [0.1, 0.15) is 5.82 Å². The van der Waals surface area contributed by atoms with E-state index in [1.165, 1.54) is 6.07 Å². The van der Waals surface area contributed by atoms with E-state index in [1.807, 2.05) is 0 Å². The summed E-state index contributed by atoms with van der Waals surface area (Å²) in [7, 11) is 0. The van der Waals surface area contributed by atoms with E-state index in [9.17, 15) is 9.18 Å². The van der Waals surface area contributed by atoms with E-state index >= 15 is 0 Å². The van der Waals surface area contributed by atoms with Crippen molar-refractivity contribution < 1.29 is 9.18 Å². The van der Waals surface area contributed by atoms with Gasteiger partial charge in [-0.15, -0.1) is 0 Å². The number of halogens is 1. The molecule has 0 unspecified atom stereocenters. The van der Waals surface area contributed by atoms with Gasteiger partial charge in [0.2, 0.25) is 0 Å². The Balaban J connectivity index is 2.37. The molecule has 2 nitrogen and oxygen atoms in total. The van der Waals surface area contributed by atoms with Crippen LogP contribution in [0.4, 0.5) is 4.39 Å². The standard InChI is InChI=1S/C14H16FNO/c1-3-11-8-10(2)13(12(15)9-11)14(17)16-6-4-5-7-16/h3,8-9H,1,4-7H2,2H3. The highest BCUT2D eigenvalue weighted by Crippen LogP contribution is 2.21. The number of benzene rings is 1. The van der Waals surface area contributed by atoms with Crippen LogP contribution in [0.3, 0.4) is 0 Å². The summed E-state index contributed by atoms with van der Waals surface area (Å²) in [6.07, 6.45) is 3.61. The van der Waals surface area contributed by atoms with Crippen molar-refractivity contribution >= 4 is 12.0 Å². The number of likely N-dealkylation sites (tertiary alicyclic amines) is 1. The number of carbonyl (C=O) groups excluding carboxylic acids is 1. The Morgan fingerprint density at radius 2 is 2.06 bits per heavy atom. The zero-order chi connectivity index (χ0) is 12.4. The Kier molecular flexibility index (Phi) is 3.27. The lowest BCUT2D eigenvalue weighted by atomic mass is 10.0. The Morgan fingerprint density at radius 3 is 2.59 bits per heavy atom. The number of carbonyl (C=O) groups is 1. The summed E-state index contributed by atoms with van der Waals surface area (Å²) in [4.78, 5) is 13.9. The summed E-state index contributed by atoms with van der Waals surface area (Å²) in [6.45, 7) is 6.84. The molecule has 0 N–H and O–H groups in total. The van der Waals surface area contributed by atoms with Crippen LogP contribution in [0.5, 0.6) is 0 Å². The van der Waals surface area contributed by atoms with E-state index in [-0.39, 0.29) is 11.5 Å². The zero-order valence-electron chi connectivity index (χ0n) is 10.0. The number of nitrogens with zero attached hydrogens (tertiary/aromatic N) is 1. The molecule has 0 bridgehead atoms. The summed E-state index contributed by atoms with van der Waals surface area (Å²) in [5, 5.41) is 0. The van der Waals surface area contributed by atoms with Gasteiger partial charge in [-0.3, -0.25) is 4.79 Å². The van der Waals surface area contributed by atoms with Crippen molar-refractivity contribution in [2.45, 2.75) is 19.8 Å². The van der Waals surface area contributed by atoms with Gasteiger partial charge >= 0.3 is 0 Å². The van der Waals surface area contributed by atoms with Crippen LogP contribution < -0.4 is 0 Å². The molecule has 0 aliphatic carbocycles. The second-order valence-electron chi connectivity index (χ2n) is 4.40. The van der Waals surface area contributed by atoms with Crippen molar-refractivity contribution in [2.24, 2.45) is 0 Å². The highest BCUT2D eigenvalue weighted by Gasteiger charge is 2.23. The van der Waals surface area contributed by atoms with Crippen LogP contribution in [-0.2, 0) is 0 Å². The van der Waals surface area contributed by atoms with Crippen molar-refractivity contribution in [1.82, 2.24) is 4.90 Å². The van der Waals surface area contributed by atoms with E-state index in [1.54, 1.807) is 24.0 Å². The fraction of sp³-hybridized carbons (Fsp3) is 0.357. The molecule has 0 saturated carbocycles. The van der Waals surface area contributed by atoms with Gasteiger partial charge in [-0.2, -0.15) is 0 Å². The maximum Gasteiger partial charge on any atom is 0.257 e. The third kappa shape index (κ3) is 2.23. The molecule has 1 aliphatic heterocycles. The first-order valence-corrected chi connectivity index (χ1v) is 5.85. The predicted molar refractivity (Wildman–Crippen MR) is 66.4 cm³/mol. The first kappa shape index (κ1) is 11.8. The highest BCUT2D eigenvalue weighted by molar-refractivity contribution is 5.96. The second-order valence-corrected chi connectivity index (χ2v) is 4.40. The summed E-state index contributed by atoms with van der Waals surface area (Å²) >= 11 is 0. The Morgan fingerprint density at radius 1 is 1.41 bits per heavy atom. The minimum Gasteiger partial charge on any atom is -0.339 e. The van der Waals surface area contributed by atoms with Crippen molar-refractivity contribution in [3.05, 3.63) is 41.2 Å². The maximum absolute atomic E-state index is 13.9. The SMILES string of the molecule is C=Cc1cc(C)c(C(=O)N2CCCC2)c(F)c1. The lowest BCUT2D eigenvalue weighted by Gasteiger charge is -2.17. The number of aryl methyl sites for hydroxylation is 1. The van der Waals surface area contributed by atoms with Crippen molar-refractivity contribution in [3.63, 3.8) is 0 Å². The van der Waals surface area contributed by atoms with Gasteiger partial charge < -0.3 is 4.90 Å². The van der Waals surface area contributed by atoms with Crippen LogP contribution in [0.1, 0.15) is 34.3 Å². The summed E-state index contributed by atoms with van der Waals surface area (Å²) in [5.41, 5.74) is 1.59. The van der Waals surface area contributed by atoms with Crippen LogP contribution in [-0.4, -0.2) is 23.9 Å². The Bertz CT molecular complexity index is 438. The van der Waals surface area contributed by atoms with Gasteiger partial charge in [0.15, 0.2) is 0 Å². The predicted octanol–water partition coefficient (Wildman–Crippen LogP) is 3.01. The van der Waals surface area contributed by atoms with Gasteiger partial charge in [0, 0.05) is 13.1 Å². The molecule has 17 heavy (non-hydrogen) atoms. The summed E-state index contributed by atoms with van der Waals surface area (Å²) < 4.78 is 13.9. The van der Waals surface area contributed by atoms with Crippen LogP contribution in [0, 0.1) is 12.7 Å². The molecular weight excluding hydrogens is 217 g/mol. The normalized spacial score (nSPS) is 15.1. The minimum atomic E-state index is -0.447. The molecule has 1 amide bonds. The second kappa shape index (κ2) is 4.70. The summed E-state index contributed by atoms with van der Waals surface area (Å²) in [6, 6.07) is 3.16. The van der Waals surface area contributed by atoms with Gasteiger partial charge in [0.25, 0.3) is 5.91 Å². The summed E-state index contributed by atoms with van der Waals surface area (Å²) in [5.74, 6) is -0.634. The maximum atomic E-state index is 13.9. The third-order valence-electron chi connectivity index (χ3n) is 3.15. The van der Waals surface area contributed by atoms with Crippen molar-refractivity contribution in [2.75, 3.05) is 13.1 Å². The van der Waals surface area contributed by atoms with Gasteiger partial charge in [-0.1, -0.05) is 18.7 Å². The van der Waals surface area contributed by atoms with Crippen LogP contribution >= 0.6 is 0 Å². The molecule has 1 aromatic carbocycles.